The van der Waals surface area contributed by atoms with Crippen LogP contribution >= 0.6 is 0 Å². The van der Waals surface area contributed by atoms with Gasteiger partial charge in [-0.3, -0.25) is 0 Å². The van der Waals surface area contributed by atoms with E-state index < -0.39 is 37.1 Å². The van der Waals surface area contributed by atoms with Crippen molar-refractivity contribution in [2.75, 3.05) is 20.3 Å². The van der Waals surface area contributed by atoms with Crippen molar-refractivity contribution in [1.29, 1.82) is 0 Å². The predicted octanol–water partition coefficient (Wildman–Crippen LogP) is 1.13. The fourth-order valence-electron chi connectivity index (χ4n) is 4.23. The number of ether oxygens (including phenoxy) is 3. The van der Waals surface area contributed by atoms with Crippen molar-refractivity contribution in [1.82, 2.24) is 0 Å². The van der Waals surface area contributed by atoms with E-state index in [4.69, 9.17) is 14.2 Å². The van der Waals surface area contributed by atoms with E-state index in [2.05, 4.69) is 6.07 Å². The van der Waals surface area contributed by atoms with Crippen molar-refractivity contribution in [3.8, 4) is 11.5 Å². The summed E-state index contributed by atoms with van der Waals surface area (Å²) in [5, 5.41) is 40.0. The van der Waals surface area contributed by atoms with Gasteiger partial charge in [-0.15, -0.1) is 0 Å². The Morgan fingerprint density at radius 1 is 1.03 bits per heavy atom. The van der Waals surface area contributed by atoms with E-state index in [1.807, 2.05) is 18.2 Å². The van der Waals surface area contributed by atoms with Crippen LogP contribution < -0.4 is 9.47 Å². The molecule has 7 nitrogen and oxygen atoms in total. The smallest absolute Gasteiger partial charge is 0.122 e. The van der Waals surface area contributed by atoms with E-state index in [0.717, 1.165) is 36.3 Å². The van der Waals surface area contributed by atoms with Gasteiger partial charge in [-0.1, -0.05) is 18.2 Å². The highest BCUT2D eigenvalue weighted by Gasteiger charge is 2.44. The maximum absolute atomic E-state index is 10.5. The molecule has 162 valence electrons. The average Bonchev–Trinajstić information content (AvgIpc) is 2.77. The van der Waals surface area contributed by atoms with Gasteiger partial charge in [0, 0.05) is 6.42 Å². The fourth-order valence-corrected chi connectivity index (χ4v) is 4.23. The van der Waals surface area contributed by atoms with Crippen LogP contribution in [0.5, 0.6) is 11.5 Å². The predicted molar refractivity (Wildman–Crippen MR) is 109 cm³/mol. The molecule has 0 aromatic heterocycles. The molecule has 2 aromatic rings. The molecular formula is C23H28O7. The maximum Gasteiger partial charge on any atom is 0.122 e. The third-order valence-electron chi connectivity index (χ3n) is 5.89. The Morgan fingerprint density at radius 2 is 1.87 bits per heavy atom. The van der Waals surface area contributed by atoms with Gasteiger partial charge in [0.05, 0.1) is 20.3 Å². The summed E-state index contributed by atoms with van der Waals surface area (Å²) < 4.78 is 16.9. The van der Waals surface area contributed by atoms with E-state index in [0.29, 0.717) is 17.7 Å². The number of fused-ring (bicyclic) bond motifs is 1. The van der Waals surface area contributed by atoms with E-state index in [1.54, 1.807) is 19.2 Å². The molecule has 4 rings (SSSR count). The first-order chi connectivity index (χ1) is 14.5. The van der Waals surface area contributed by atoms with E-state index in [9.17, 15) is 20.4 Å². The molecular weight excluding hydrogens is 388 g/mol. The van der Waals surface area contributed by atoms with Crippen LogP contribution in [-0.4, -0.2) is 65.2 Å². The van der Waals surface area contributed by atoms with Crippen molar-refractivity contribution in [2.45, 2.75) is 49.8 Å². The number of aryl methyl sites for hydroxylation is 1. The van der Waals surface area contributed by atoms with Gasteiger partial charge in [0.15, 0.2) is 0 Å². The van der Waals surface area contributed by atoms with Crippen LogP contribution in [0.3, 0.4) is 0 Å². The summed E-state index contributed by atoms with van der Waals surface area (Å²) in [5.41, 5.74) is 3.86. The molecule has 2 aliphatic heterocycles. The van der Waals surface area contributed by atoms with Crippen LogP contribution in [0.15, 0.2) is 36.4 Å². The molecule has 0 bridgehead atoms. The van der Waals surface area contributed by atoms with Crippen LogP contribution in [0, 0.1) is 0 Å². The molecule has 0 aliphatic carbocycles. The maximum atomic E-state index is 10.5. The van der Waals surface area contributed by atoms with E-state index in [-0.39, 0.29) is 0 Å². The summed E-state index contributed by atoms with van der Waals surface area (Å²) in [6.45, 7) is 0.295. The SMILES string of the molecule is COc1ccc([C@@H]2O[C@H](CO)[C@@H](O)[C@H](O)[C@H]2O)cc1Cc1ccc2c(c1)CCCO2. The summed E-state index contributed by atoms with van der Waals surface area (Å²) in [6.07, 6.45) is -3.31. The summed E-state index contributed by atoms with van der Waals surface area (Å²) in [4.78, 5) is 0. The van der Waals surface area contributed by atoms with Crippen molar-refractivity contribution in [3.05, 3.63) is 58.7 Å². The second-order valence-corrected chi connectivity index (χ2v) is 7.89. The first kappa shape index (κ1) is 21.1. The lowest BCUT2D eigenvalue weighted by Crippen LogP contribution is -2.55. The molecule has 0 spiro atoms. The average molecular weight is 416 g/mol. The third kappa shape index (κ3) is 4.04. The molecule has 0 saturated carbocycles. The lowest BCUT2D eigenvalue weighted by atomic mass is 9.89. The molecule has 0 amide bonds. The summed E-state index contributed by atoms with van der Waals surface area (Å²) in [6, 6.07) is 11.6. The molecule has 2 heterocycles. The standard InChI is InChI=1S/C23H28O7/c1-28-17-7-5-15(23-22(27)21(26)20(25)19(12-24)30-23)11-16(17)10-13-4-6-18-14(9-13)3-2-8-29-18/h4-7,9,11,19-27H,2-3,8,10,12H2,1H3/t19-,20-,21+,22-,23+/m1/s1. The van der Waals surface area contributed by atoms with Gasteiger partial charge in [-0.2, -0.15) is 0 Å². The van der Waals surface area contributed by atoms with Crippen molar-refractivity contribution >= 4 is 0 Å². The second-order valence-electron chi connectivity index (χ2n) is 7.89. The van der Waals surface area contributed by atoms with E-state index in [1.165, 1.54) is 5.56 Å². The molecule has 4 N–H and O–H groups in total. The summed E-state index contributed by atoms with van der Waals surface area (Å²) in [7, 11) is 1.60. The zero-order valence-corrected chi connectivity index (χ0v) is 16.9. The lowest BCUT2D eigenvalue weighted by molar-refractivity contribution is -0.231. The van der Waals surface area contributed by atoms with Gasteiger partial charge in [-0.05, 0) is 53.3 Å². The van der Waals surface area contributed by atoms with Crippen molar-refractivity contribution in [3.63, 3.8) is 0 Å². The highest BCUT2D eigenvalue weighted by Crippen LogP contribution is 2.35. The minimum Gasteiger partial charge on any atom is -0.496 e. The normalized spacial score (nSPS) is 28.5. The zero-order valence-electron chi connectivity index (χ0n) is 16.9. The molecule has 2 aliphatic rings. The number of rotatable bonds is 5. The topological polar surface area (TPSA) is 109 Å². The zero-order chi connectivity index (χ0) is 21.3. The monoisotopic (exact) mass is 416 g/mol. The lowest BCUT2D eigenvalue weighted by Gasteiger charge is -2.40. The summed E-state index contributed by atoms with van der Waals surface area (Å²) in [5.74, 6) is 1.64. The van der Waals surface area contributed by atoms with Crippen LogP contribution in [0.4, 0.5) is 0 Å². The molecule has 0 radical (unpaired) electrons. The van der Waals surface area contributed by atoms with Crippen molar-refractivity contribution in [2.24, 2.45) is 0 Å². The van der Waals surface area contributed by atoms with Gasteiger partial charge < -0.3 is 34.6 Å². The van der Waals surface area contributed by atoms with Gasteiger partial charge in [-0.25, -0.2) is 0 Å². The van der Waals surface area contributed by atoms with E-state index >= 15 is 0 Å². The van der Waals surface area contributed by atoms with Crippen molar-refractivity contribution < 1.29 is 34.6 Å². The van der Waals surface area contributed by atoms with Gasteiger partial charge in [0.25, 0.3) is 0 Å². The number of benzene rings is 2. The van der Waals surface area contributed by atoms with Crippen LogP contribution in [0.1, 0.15) is 34.8 Å². The van der Waals surface area contributed by atoms with Gasteiger partial charge in [0.2, 0.25) is 0 Å². The molecule has 1 saturated heterocycles. The van der Waals surface area contributed by atoms with Crippen LogP contribution in [0.2, 0.25) is 0 Å². The molecule has 1 fully saturated rings. The Balaban J connectivity index is 1.62. The van der Waals surface area contributed by atoms with Crippen LogP contribution in [0.25, 0.3) is 0 Å². The molecule has 0 unspecified atom stereocenters. The Kier molecular flexibility index (Phi) is 6.26. The number of methoxy groups -OCH3 is 1. The Bertz CT molecular complexity index is 882. The Hall–Kier alpha value is -2.16. The minimum absolute atomic E-state index is 0.457. The highest BCUT2D eigenvalue weighted by molar-refractivity contribution is 5.45. The highest BCUT2D eigenvalue weighted by atomic mass is 16.5. The third-order valence-corrected chi connectivity index (χ3v) is 5.89. The first-order valence-electron chi connectivity index (χ1n) is 10.2. The Labute approximate surface area is 175 Å². The fraction of sp³-hybridized carbons (Fsp3) is 0.478. The van der Waals surface area contributed by atoms with Crippen LogP contribution in [-0.2, 0) is 17.6 Å². The largest absolute Gasteiger partial charge is 0.496 e. The molecule has 30 heavy (non-hydrogen) atoms. The molecule has 5 atom stereocenters. The summed E-state index contributed by atoms with van der Waals surface area (Å²) >= 11 is 0. The van der Waals surface area contributed by atoms with Gasteiger partial charge >= 0.3 is 0 Å². The number of aliphatic hydroxyl groups excluding tert-OH is 4. The quantitative estimate of drug-likeness (QED) is 0.579. The molecule has 7 heteroatoms. The second kappa shape index (κ2) is 8.91. The Morgan fingerprint density at radius 3 is 2.63 bits per heavy atom. The first-order valence-corrected chi connectivity index (χ1v) is 10.2. The number of hydrogen-bond acceptors (Lipinski definition) is 7. The number of hydrogen-bond donors (Lipinski definition) is 4. The minimum atomic E-state index is -1.41. The van der Waals surface area contributed by atoms with Gasteiger partial charge in [0.1, 0.15) is 42.0 Å². The number of aliphatic hydroxyl groups is 4. The molecule has 2 aromatic carbocycles.